The average Bonchev–Trinajstić information content (AvgIpc) is 2.73. The van der Waals surface area contributed by atoms with Crippen LogP contribution in [0.25, 0.3) is 0 Å². The van der Waals surface area contributed by atoms with E-state index < -0.39 is 11.9 Å². The van der Waals surface area contributed by atoms with Gasteiger partial charge in [0.1, 0.15) is 5.69 Å². The van der Waals surface area contributed by atoms with E-state index in [0.717, 1.165) is 19.4 Å². The van der Waals surface area contributed by atoms with Crippen LogP contribution in [0.4, 0.5) is 13.2 Å². The van der Waals surface area contributed by atoms with E-state index in [4.69, 9.17) is 0 Å². The van der Waals surface area contributed by atoms with Gasteiger partial charge in [-0.25, -0.2) is 0 Å². The Hall–Kier alpha value is -0.970. The van der Waals surface area contributed by atoms with E-state index >= 15 is 0 Å². The number of alkyl halides is 3. The molecular formula is C9H11F3N2. The Morgan fingerprint density at radius 1 is 1.36 bits per heavy atom. The van der Waals surface area contributed by atoms with E-state index in [1.807, 2.05) is 0 Å². The summed E-state index contributed by atoms with van der Waals surface area (Å²) in [5.74, 6) is 0. The maximum Gasteiger partial charge on any atom is 0.431 e. The van der Waals surface area contributed by atoms with Gasteiger partial charge in [0.15, 0.2) is 0 Å². The number of aromatic nitrogens is 1. The van der Waals surface area contributed by atoms with Crippen LogP contribution in [-0.4, -0.2) is 11.5 Å². The van der Waals surface area contributed by atoms with Gasteiger partial charge in [-0.3, -0.25) is 0 Å². The first-order valence-corrected chi connectivity index (χ1v) is 4.57. The number of hydrogen-bond donors (Lipinski definition) is 2. The second kappa shape index (κ2) is 3.31. The molecule has 1 aliphatic heterocycles. The van der Waals surface area contributed by atoms with Crippen molar-refractivity contribution in [1.29, 1.82) is 0 Å². The predicted molar refractivity (Wildman–Crippen MR) is 45.8 cm³/mol. The average molecular weight is 204 g/mol. The van der Waals surface area contributed by atoms with Crippen molar-refractivity contribution >= 4 is 0 Å². The zero-order valence-electron chi connectivity index (χ0n) is 7.49. The number of rotatable bonds is 1. The Morgan fingerprint density at radius 3 is 2.71 bits per heavy atom. The lowest BCUT2D eigenvalue weighted by Crippen LogP contribution is -2.17. The van der Waals surface area contributed by atoms with Crippen LogP contribution in [0.5, 0.6) is 0 Å². The Balaban J connectivity index is 2.29. The van der Waals surface area contributed by atoms with Crippen molar-refractivity contribution in [3.05, 3.63) is 23.5 Å². The smallest absolute Gasteiger partial charge is 0.357 e. The first-order valence-electron chi connectivity index (χ1n) is 4.57. The van der Waals surface area contributed by atoms with E-state index in [0.29, 0.717) is 5.56 Å². The SMILES string of the molecule is FC(F)(F)c1[nH]ccc1[C@H]1CCCN1. The first kappa shape index (κ1) is 9.58. The Kier molecular flexibility index (Phi) is 2.26. The maximum absolute atomic E-state index is 12.5. The fourth-order valence-electron chi connectivity index (χ4n) is 1.87. The molecule has 2 heterocycles. The third-order valence-corrected chi connectivity index (χ3v) is 2.50. The summed E-state index contributed by atoms with van der Waals surface area (Å²) in [4.78, 5) is 2.26. The highest BCUT2D eigenvalue weighted by Gasteiger charge is 2.37. The highest BCUT2D eigenvalue weighted by atomic mass is 19.4. The number of nitrogens with one attached hydrogen (secondary N) is 2. The lowest BCUT2D eigenvalue weighted by atomic mass is 10.1. The molecule has 1 aromatic rings. The van der Waals surface area contributed by atoms with Crippen molar-refractivity contribution in [1.82, 2.24) is 10.3 Å². The van der Waals surface area contributed by atoms with Gasteiger partial charge in [-0.2, -0.15) is 13.2 Å². The molecule has 1 aliphatic rings. The molecule has 0 bridgehead atoms. The zero-order valence-corrected chi connectivity index (χ0v) is 7.49. The van der Waals surface area contributed by atoms with E-state index in [1.54, 1.807) is 0 Å². The van der Waals surface area contributed by atoms with Gasteiger partial charge in [0.2, 0.25) is 0 Å². The highest BCUT2D eigenvalue weighted by Crippen LogP contribution is 2.35. The van der Waals surface area contributed by atoms with Crippen molar-refractivity contribution < 1.29 is 13.2 Å². The minimum absolute atomic E-state index is 0.141. The van der Waals surface area contributed by atoms with E-state index in [1.165, 1.54) is 12.3 Å². The van der Waals surface area contributed by atoms with Crippen molar-refractivity contribution in [2.45, 2.75) is 25.1 Å². The molecule has 1 saturated heterocycles. The van der Waals surface area contributed by atoms with Crippen LogP contribution in [0.1, 0.15) is 30.1 Å². The summed E-state index contributed by atoms with van der Waals surface area (Å²) in [6.45, 7) is 0.799. The molecule has 2 rings (SSSR count). The lowest BCUT2D eigenvalue weighted by molar-refractivity contribution is -0.141. The third-order valence-electron chi connectivity index (χ3n) is 2.50. The van der Waals surface area contributed by atoms with Crippen LogP contribution in [0.2, 0.25) is 0 Å². The maximum atomic E-state index is 12.5. The predicted octanol–water partition coefficient (Wildman–Crippen LogP) is 2.46. The minimum atomic E-state index is -4.27. The number of H-pyrrole nitrogens is 1. The first-order chi connectivity index (χ1) is 6.59. The molecule has 5 heteroatoms. The molecule has 0 saturated carbocycles. The monoisotopic (exact) mass is 204 g/mol. The molecule has 0 aliphatic carbocycles. The molecular weight excluding hydrogens is 193 g/mol. The largest absolute Gasteiger partial charge is 0.431 e. The van der Waals surface area contributed by atoms with Crippen molar-refractivity contribution in [3.63, 3.8) is 0 Å². The molecule has 1 atom stereocenters. The van der Waals surface area contributed by atoms with E-state index in [-0.39, 0.29) is 6.04 Å². The summed E-state index contributed by atoms with van der Waals surface area (Å²) in [7, 11) is 0. The number of halogens is 3. The molecule has 2 nitrogen and oxygen atoms in total. The van der Waals surface area contributed by atoms with Crippen LogP contribution in [0.3, 0.4) is 0 Å². The second-order valence-electron chi connectivity index (χ2n) is 3.45. The van der Waals surface area contributed by atoms with Crippen LogP contribution in [0.15, 0.2) is 12.3 Å². The highest BCUT2D eigenvalue weighted by molar-refractivity contribution is 5.27. The van der Waals surface area contributed by atoms with Crippen molar-refractivity contribution in [2.24, 2.45) is 0 Å². The van der Waals surface area contributed by atoms with Crippen LogP contribution in [0, 0.1) is 0 Å². The molecule has 78 valence electrons. The molecule has 0 radical (unpaired) electrons. The van der Waals surface area contributed by atoms with E-state index in [2.05, 4.69) is 10.3 Å². The molecule has 1 aromatic heterocycles. The molecule has 1 fully saturated rings. The van der Waals surface area contributed by atoms with Gasteiger partial charge in [-0.15, -0.1) is 0 Å². The molecule has 0 unspecified atom stereocenters. The molecule has 0 amide bonds. The summed E-state index contributed by atoms with van der Waals surface area (Å²) in [6, 6.07) is 1.36. The van der Waals surface area contributed by atoms with Gasteiger partial charge in [0.25, 0.3) is 0 Å². The van der Waals surface area contributed by atoms with Gasteiger partial charge in [-0.05, 0) is 31.0 Å². The van der Waals surface area contributed by atoms with E-state index in [9.17, 15) is 13.2 Å². The Labute approximate surface area is 79.5 Å². The molecule has 2 N–H and O–H groups in total. The van der Waals surface area contributed by atoms with Crippen molar-refractivity contribution in [3.8, 4) is 0 Å². The van der Waals surface area contributed by atoms with Crippen LogP contribution in [-0.2, 0) is 6.18 Å². The van der Waals surface area contributed by atoms with Crippen LogP contribution >= 0.6 is 0 Å². The fraction of sp³-hybridized carbons (Fsp3) is 0.556. The van der Waals surface area contributed by atoms with Crippen LogP contribution < -0.4 is 5.32 Å². The van der Waals surface area contributed by atoms with Gasteiger partial charge in [0.05, 0.1) is 0 Å². The summed E-state index contributed by atoms with van der Waals surface area (Å²) in [5.41, 5.74) is -0.271. The van der Waals surface area contributed by atoms with Gasteiger partial charge in [0, 0.05) is 12.2 Å². The quantitative estimate of drug-likeness (QED) is 0.722. The lowest BCUT2D eigenvalue weighted by Gasteiger charge is -2.13. The van der Waals surface area contributed by atoms with Gasteiger partial charge in [-0.1, -0.05) is 0 Å². The van der Waals surface area contributed by atoms with Gasteiger partial charge < -0.3 is 10.3 Å². The van der Waals surface area contributed by atoms with Crippen molar-refractivity contribution in [2.75, 3.05) is 6.54 Å². The zero-order chi connectivity index (χ0) is 10.2. The number of aromatic amines is 1. The molecule has 14 heavy (non-hydrogen) atoms. The van der Waals surface area contributed by atoms with Gasteiger partial charge >= 0.3 is 6.18 Å². The third kappa shape index (κ3) is 1.64. The normalized spacial score (nSPS) is 22.9. The summed E-state index contributed by atoms with van der Waals surface area (Å²) in [6.07, 6.45) is -1.21. The summed E-state index contributed by atoms with van der Waals surface area (Å²) in [5, 5.41) is 3.05. The standard InChI is InChI=1S/C9H11F3N2/c10-9(11,12)8-6(3-5-14-8)7-2-1-4-13-7/h3,5,7,13-14H,1-2,4H2/t7-/m1/s1. The molecule has 0 spiro atoms. The topological polar surface area (TPSA) is 27.8 Å². The number of hydrogen-bond acceptors (Lipinski definition) is 1. The second-order valence-corrected chi connectivity index (χ2v) is 3.45. The Bertz CT molecular complexity index is 310. The summed E-state index contributed by atoms with van der Waals surface area (Å²) >= 11 is 0. The Morgan fingerprint density at radius 2 is 2.14 bits per heavy atom. The fourth-order valence-corrected chi connectivity index (χ4v) is 1.87. The molecule has 0 aromatic carbocycles. The summed E-state index contributed by atoms with van der Waals surface area (Å²) < 4.78 is 37.4. The minimum Gasteiger partial charge on any atom is -0.357 e.